The number of nitrogens with one attached hydrogen (secondary N) is 1. The zero-order chi connectivity index (χ0) is 16.0. The fourth-order valence-electron chi connectivity index (χ4n) is 3.82. The average Bonchev–Trinajstić information content (AvgIpc) is 3.15. The number of ether oxygens (including phenoxy) is 1. The molecule has 5 heteroatoms. The Morgan fingerprint density at radius 3 is 2.43 bits per heavy atom. The molecule has 2 aliphatic rings. The highest BCUT2D eigenvalue weighted by Crippen LogP contribution is 2.44. The van der Waals surface area contributed by atoms with E-state index in [2.05, 4.69) is 5.32 Å². The van der Waals surface area contributed by atoms with Gasteiger partial charge < -0.3 is 15.2 Å². The lowest BCUT2D eigenvalue weighted by Crippen LogP contribution is -2.40. The van der Waals surface area contributed by atoms with E-state index < -0.39 is 17.8 Å². The molecule has 2 fully saturated rings. The molecule has 2 bridgehead atoms. The van der Waals surface area contributed by atoms with E-state index in [0.29, 0.717) is 5.69 Å². The van der Waals surface area contributed by atoms with Crippen molar-refractivity contribution in [2.24, 2.45) is 11.8 Å². The van der Waals surface area contributed by atoms with Crippen molar-refractivity contribution in [3.8, 4) is 0 Å². The zero-order valence-corrected chi connectivity index (χ0v) is 12.4. The summed E-state index contributed by atoms with van der Waals surface area (Å²) in [5.74, 6) is -2.57. The summed E-state index contributed by atoms with van der Waals surface area (Å²) in [5.41, 5.74) is 0.681. The number of hydrogen-bond acceptors (Lipinski definition) is 3. The fraction of sp³-hybridized carbons (Fsp3) is 0.333. The lowest BCUT2D eigenvalue weighted by molar-refractivity contribution is -0.147. The lowest BCUT2D eigenvalue weighted by atomic mass is 9.78. The molecule has 2 aromatic rings. The van der Waals surface area contributed by atoms with Gasteiger partial charge in [0, 0.05) is 5.69 Å². The third kappa shape index (κ3) is 2.37. The summed E-state index contributed by atoms with van der Waals surface area (Å²) in [6.07, 6.45) is 0.873. The molecular formula is C18H17NO4. The van der Waals surface area contributed by atoms with Crippen molar-refractivity contribution in [2.45, 2.75) is 25.0 Å². The monoisotopic (exact) mass is 311 g/mol. The second kappa shape index (κ2) is 5.35. The Hall–Kier alpha value is -2.40. The number of carbonyl (C=O) groups is 2. The predicted octanol–water partition coefficient (Wildman–Crippen LogP) is 2.66. The smallest absolute Gasteiger partial charge is 0.310 e. The van der Waals surface area contributed by atoms with Crippen LogP contribution in [-0.4, -0.2) is 29.2 Å². The first-order valence-corrected chi connectivity index (χ1v) is 7.81. The van der Waals surface area contributed by atoms with Gasteiger partial charge in [-0.15, -0.1) is 0 Å². The van der Waals surface area contributed by atoms with Crippen LogP contribution in [0.4, 0.5) is 5.69 Å². The van der Waals surface area contributed by atoms with Crippen LogP contribution >= 0.6 is 0 Å². The molecule has 2 aromatic carbocycles. The largest absolute Gasteiger partial charge is 0.481 e. The number of aliphatic carboxylic acids is 1. The minimum absolute atomic E-state index is 0.264. The number of benzene rings is 2. The van der Waals surface area contributed by atoms with Crippen molar-refractivity contribution < 1.29 is 19.4 Å². The van der Waals surface area contributed by atoms with E-state index in [1.165, 1.54) is 0 Å². The van der Waals surface area contributed by atoms with Crippen LogP contribution in [0, 0.1) is 11.8 Å². The molecular weight excluding hydrogens is 294 g/mol. The van der Waals surface area contributed by atoms with Crippen LogP contribution in [0.1, 0.15) is 12.8 Å². The third-order valence-corrected chi connectivity index (χ3v) is 4.88. The van der Waals surface area contributed by atoms with Gasteiger partial charge in [-0.2, -0.15) is 0 Å². The summed E-state index contributed by atoms with van der Waals surface area (Å²) >= 11 is 0. The number of carboxylic acids is 1. The number of anilines is 1. The van der Waals surface area contributed by atoms with Crippen molar-refractivity contribution in [1.82, 2.24) is 0 Å². The van der Waals surface area contributed by atoms with E-state index >= 15 is 0 Å². The maximum atomic E-state index is 12.6. The molecule has 0 radical (unpaired) electrons. The molecule has 0 aliphatic carbocycles. The molecule has 4 atom stereocenters. The van der Waals surface area contributed by atoms with Gasteiger partial charge in [-0.25, -0.2) is 0 Å². The molecule has 0 saturated carbocycles. The maximum Gasteiger partial charge on any atom is 0.310 e. The Balaban J connectivity index is 1.57. The van der Waals surface area contributed by atoms with Gasteiger partial charge in [0.05, 0.1) is 24.0 Å². The number of amides is 1. The fourth-order valence-corrected chi connectivity index (χ4v) is 3.82. The van der Waals surface area contributed by atoms with Crippen LogP contribution in [0.15, 0.2) is 42.5 Å². The molecule has 1 amide bonds. The van der Waals surface area contributed by atoms with Crippen LogP contribution in [0.5, 0.6) is 0 Å². The molecule has 0 unspecified atom stereocenters. The summed E-state index contributed by atoms with van der Waals surface area (Å²) in [6.45, 7) is 0. The van der Waals surface area contributed by atoms with Crippen molar-refractivity contribution >= 4 is 28.3 Å². The number of carboxylic acid groups (broad SMARTS) is 1. The minimum Gasteiger partial charge on any atom is -0.481 e. The number of carbonyl (C=O) groups excluding carboxylic acids is 1. The first kappa shape index (κ1) is 14.2. The normalized spacial score (nSPS) is 28.9. The lowest BCUT2D eigenvalue weighted by Gasteiger charge is -2.23. The van der Waals surface area contributed by atoms with Gasteiger partial charge >= 0.3 is 5.97 Å². The van der Waals surface area contributed by atoms with Crippen LogP contribution in [-0.2, 0) is 14.3 Å². The van der Waals surface area contributed by atoms with E-state index in [-0.39, 0.29) is 18.1 Å². The Morgan fingerprint density at radius 2 is 1.70 bits per heavy atom. The van der Waals surface area contributed by atoms with Gasteiger partial charge in [-0.3, -0.25) is 9.59 Å². The Labute approximate surface area is 133 Å². The molecule has 118 valence electrons. The molecule has 2 saturated heterocycles. The molecule has 2 N–H and O–H groups in total. The minimum atomic E-state index is -0.948. The third-order valence-electron chi connectivity index (χ3n) is 4.88. The second-order valence-electron chi connectivity index (χ2n) is 6.23. The van der Waals surface area contributed by atoms with Crippen molar-refractivity contribution in [3.63, 3.8) is 0 Å². The Kier molecular flexibility index (Phi) is 3.31. The number of hydrogen-bond donors (Lipinski definition) is 2. The maximum absolute atomic E-state index is 12.6. The summed E-state index contributed by atoms with van der Waals surface area (Å²) < 4.78 is 5.65. The van der Waals surface area contributed by atoms with Gasteiger partial charge in [-0.05, 0) is 35.7 Å². The predicted molar refractivity (Wildman–Crippen MR) is 85.1 cm³/mol. The average molecular weight is 311 g/mol. The Bertz CT molecular complexity index is 787. The van der Waals surface area contributed by atoms with E-state index in [0.717, 1.165) is 23.6 Å². The zero-order valence-electron chi connectivity index (χ0n) is 12.4. The first-order chi connectivity index (χ1) is 11.1. The van der Waals surface area contributed by atoms with E-state index in [1.807, 2.05) is 42.5 Å². The first-order valence-electron chi connectivity index (χ1n) is 7.81. The van der Waals surface area contributed by atoms with Crippen LogP contribution < -0.4 is 5.32 Å². The number of rotatable bonds is 3. The van der Waals surface area contributed by atoms with Crippen molar-refractivity contribution in [1.29, 1.82) is 0 Å². The summed E-state index contributed by atoms with van der Waals surface area (Å²) in [7, 11) is 0. The molecule has 2 aliphatic heterocycles. The van der Waals surface area contributed by atoms with Crippen molar-refractivity contribution in [2.75, 3.05) is 5.32 Å². The van der Waals surface area contributed by atoms with Gasteiger partial charge in [-0.1, -0.05) is 30.3 Å². The van der Waals surface area contributed by atoms with Gasteiger partial charge in [0.25, 0.3) is 0 Å². The number of fused-ring (bicyclic) bond motifs is 3. The Morgan fingerprint density at radius 1 is 1.00 bits per heavy atom. The summed E-state index contributed by atoms with van der Waals surface area (Å²) in [6, 6.07) is 13.6. The molecule has 0 aromatic heterocycles. The van der Waals surface area contributed by atoms with Gasteiger partial charge in [0.2, 0.25) is 5.91 Å². The van der Waals surface area contributed by atoms with Gasteiger partial charge in [0.15, 0.2) is 0 Å². The highest BCUT2D eigenvalue weighted by molar-refractivity contribution is 5.98. The highest BCUT2D eigenvalue weighted by atomic mass is 16.5. The SMILES string of the molecule is O=C(O)[C@H]1[C@H](C(=O)Nc2ccc3ccccc3c2)[C@H]2CC[C@H]1O2. The highest BCUT2D eigenvalue weighted by Gasteiger charge is 2.55. The van der Waals surface area contributed by atoms with E-state index in [9.17, 15) is 14.7 Å². The summed E-state index contributed by atoms with van der Waals surface area (Å²) in [5, 5.41) is 14.4. The van der Waals surface area contributed by atoms with Crippen LogP contribution in [0.25, 0.3) is 10.8 Å². The van der Waals surface area contributed by atoms with Crippen LogP contribution in [0.2, 0.25) is 0 Å². The second-order valence-corrected chi connectivity index (χ2v) is 6.23. The molecule has 23 heavy (non-hydrogen) atoms. The molecule has 5 nitrogen and oxygen atoms in total. The molecule has 2 heterocycles. The van der Waals surface area contributed by atoms with Gasteiger partial charge in [0.1, 0.15) is 0 Å². The van der Waals surface area contributed by atoms with Crippen molar-refractivity contribution in [3.05, 3.63) is 42.5 Å². The standard InChI is InChI=1S/C18H17NO4/c20-17(15-13-7-8-14(23-13)16(15)18(21)22)19-12-6-5-10-3-1-2-4-11(10)9-12/h1-6,9,13-16H,7-8H2,(H,19,20)(H,21,22)/t13-,14-,15-,16-/m1/s1. The van der Waals surface area contributed by atoms with E-state index in [4.69, 9.17) is 4.74 Å². The molecule has 4 rings (SSSR count). The topological polar surface area (TPSA) is 75.6 Å². The molecule has 0 spiro atoms. The van der Waals surface area contributed by atoms with E-state index in [1.54, 1.807) is 0 Å². The summed E-state index contributed by atoms with van der Waals surface area (Å²) in [4.78, 5) is 24.1. The quantitative estimate of drug-likeness (QED) is 0.914. The van der Waals surface area contributed by atoms with Crippen LogP contribution in [0.3, 0.4) is 0 Å².